The molecule has 5 nitrogen and oxygen atoms in total. The van der Waals surface area contributed by atoms with E-state index >= 15 is 0 Å². The van der Waals surface area contributed by atoms with Gasteiger partial charge in [-0.15, -0.1) is 12.1 Å². The summed E-state index contributed by atoms with van der Waals surface area (Å²) in [6.07, 6.45) is 1.83. The van der Waals surface area contributed by atoms with Crippen LogP contribution in [0.3, 0.4) is 0 Å². The van der Waals surface area contributed by atoms with Crippen LogP contribution >= 0.6 is 0 Å². The van der Waals surface area contributed by atoms with Crippen LogP contribution in [0.5, 0.6) is 17.2 Å². The molecular weight excluding hydrogens is 359 g/mol. The summed E-state index contributed by atoms with van der Waals surface area (Å²) in [6, 6.07) is 11.6. The SMILES string of the molecule is COCC(=O)Cc1cc(Oc2cc[c-]c(OC)c2)ccn1.[Y]. The third-order valence-electron chi connectivity index (χ3n) is 2.67. The molecule has 1 aromatic carbocycles. The molecule has 0 bridgehead atoms. The first-order chi connectivity index (χ1) is 10.2. The smallest absolute Gasteiger partial charge is 0.164 e. The molecule has 113 valence electrons. The number of methoxy groups -OCH3 is 2. The van der Waals surface area contributed by atoms with Gasteiger partial charge in [0, 0.05) is 63.6 Å². The Labute approximate surface area is 154 Å². The van der Waals surface area contributed by atoms with Crippen molar-refractivity contribution in [3.05, 3.63) is 48.3 Å². The maximum absolute atomic E-state index is 11.5. The topological polar surface area (TPSA) is 57.7 Å². The fraction of sp³-hybridized carbons (Fsp3) is 0.250. The summed E-state index contributed by atoms with van der Waals surface area (Å²) >= 11 is 0. The van der Waals surface area contributed by atoms with Crippen molar-refractivity contribution >= 4 is 5.78 Å². The average Bonchev–Trinajstić information content (AvgIpc) is 2.48. The fourth-order valence-corrected chi connectivity index (χ4v) is 1.77. The second-order valence-corrected chi connectivity index (χ2v) is 4.33. The zero-order chi connectivity index (χ0) is 15.1. The molecule has 0 amide bonds. The van der Waals surface area contributed by atoms with Gasteiger partial charge in [0.25, 0.3) is 0 Å². The van der Waals surface area contributed by atoms with Gasteiger partial charge in [-0.25, -0.2) is 0 Å². The van der Waals surface area contributed by atoms with Crippen LogP contribution < -0.4 is 9.47 Å². The summed E-state index contributed by atoms with van der Waals surface area (Å²) < 4.78 is 15.6. The fourth-order valence-electron chi connectivity index (χ4n) is 1.77. The number of pyridine rings is 1. The maximum Gasteiger partial charge on any atom is 0.164 e. The number of carbonyl (C=O) groups excluding carboxylic acids is 1. The van der Waals surface area contributed by atoms with E-state index in [1.54, 1.807) is 43.6 Å². The monoisotopic (exact) mass is 375 g/mol. The van der Waals surface area contributed by atoms with Gasteiger partial charge in [-0.3, -0.25) is 9.78 Å². The molecule has 6 heteroatoms. The number of Topliss-reactive ketones (excluding diaryl/α,β-unsaturated/α-hetero) is 1. The summed E-state index contributed by atoms with van der Waals surface area (Å²) in [6.45, 7) is 0.0818. The van der Waals surface area contributed by atoms with Crippen molar-refractivity contribution in [2.24, 2.45) is 0 Å². The third kappa shape index (κ3) is 5.83. The van der Waals surface area contributed by atoms with Crippen LogP contribution in [0.4, 0.5) is 0 Å². The number of carbonyl (C=O) groups is 1. The quantitative estimate of drug-likeness (QED) is 0.696. The molecule has 0 aliphatic heterocycles. The Morgan fingerprint density at radius 1 is 1.23 bits per heavy atom. The summed E-state index contributed by atoms with van der Waals surface area (Å²) in [4.78, 5) is 15.7. The second kappa shape index (κ2) is 9.67. The maximum atomic E-state index is 11.5. The largest absolute Gasteiger partial charge is 0.522 e. The predicted molar refractivity (Wildman–Crippen MR) is 76.7 cm³/mol. The van der Waals surface area contributed by atoms with E-state index in [1.807, 2.05) is 0 Å². The first-order valence-corrected chi connectivity index (χ1v) is 6.40. The Balaban J connectivity index is 0.00000242. The van der Waals surface area contributed by atoms with Gasteiger partial charge < -0.3 is 14.2 Å². The molecule has 0 aliphatic carbocycles. The summed E-state index contributed by atoms with van der Waals surface area (Å²) in [7, 11) is 3.06. The van der Waals surface area contributed by atoms with Crippen molar-refractivity contribution in [1.82, 2.24) is 4.98 Å². The molecule has 0 saturated carbocycles. The van der Waals surface area contributed by atoms with Crippen molar-refractivity contribution in [1.29, 1.82) is 0 Å². The van der Waals surface area contributed by atoms with Gasteiger partial charge in [-0.2, -0.15) is 6.07 Å². The molecule has 0 aliphatic rings. The van der Waals surface area contributed by atoms with Crippen LogP contribution in [0.1, 0.15) is 5.69 Å². The van der Waals surface area contributed by atoms with Gasteiger partial charge in [-0.1, -0.05) is 6.07 Å². The minimum atomic E-state index is -0.0295. The van der Waals surface area contributed by atoms with Gasteiger partial charge in [-0.05, 0) is 6.07 Å². The van der Waals surface area contributed by atoms with Crippen molar-refractivity contribution in [2.45, 2.75) is 6.42 Å². The summed E-state index contributed by atoms with van der Waals surface area (Å²) in [5.41, 5.74) is 0.643. The van der Waals surface area contributed by atoms with Gasteiger partial charge >= 0.3 is 0 Å². The molecule has 0 atom stereocenters. The Hall–Kier alpha value is -1.30. The number of nitrogens with zero attached hydrogens (tertiary/aromatic N) is 1. The molecule has 2 rings (SSSR count). The van der Waals surface area contributed by atoms with E-state index in [9.17, 15) is 4.79 Å². The van der Waals surface area contributed by atoms with Crippen molar-refractivity contribution < 1.29 is 51.7 Å². The Morgan fingerprint density at radius 2 is 2.00 bits per heavy atom. The van der Waals surface area contributed by atoms with Crippen molar-refractivity contribution in [2.75, 3.05) is 20.8 Å². The first kappa shape index (κ1) is 18.8. The van der Waals surface area contributed by atoms with Crippen LogP contribution in [0, 0.1) is 6.07 Å². The molecule has 1 aromatic heterocycles. The molecule has 0 unspecified atom stereocenters. The third-order valence-corrected chi connectivity index (χ3v) is 2.67. The number of ketones is 1. The molecule has 0 fully saturated rings. The van der Waals surface area contributed by atoms with E-state index in [1.165, 1.54) is 7.11 Å². The molecular formula is C16H16NO4Y-. The molecule has 1 heterocycles. The van der Waals surface area contributed by atoms with E-state index in [0.717, 1.165) is 0 Å². The van der Waals surface area contributed by atoms with Gasteiger partial charge in [0.05, 0.1) is 19.2 Å². The van der Waals surface area contributed by atoms with Crippen LogP contribution in [0.15, 0.2) is 36.5 Å². The van der Waals surface area contributed by atoms with Crippen molar-refractivity contribution in [3.8, 4) is 17.2 Å². The minimum absolute atomic E-state index is 0. The molecule has 0 saturated heterocycles. The van der Waals surface area contributed by atoms with Crippen LogP contribution in [0.2, 0.25) is 0 Å². The van der Waals surface area contributed by atoms with Crippen LogP contribution in [-0.2, 0) is 48.7 Å². The van der Waals surface area contributed by atoms with Gasteiger partial charge in [0.2, 0.25) is 0 Å². The van der Waals surface area contributed by atoms with Crippen LogP contribution in [0.25, 0.3) is 0 Å². The average molecular weight is 375 g/mol. The molecule has 1 radical (unpaired) electrons. The zero-order valence-electron chi connectivity index (χ0n) is 12.5. The molecule has 2 aromatic rings. The van der Waals surface area contributed by atoms with E-state index in [-0.39, 0.29) is 51.5 Å². The number of hydrogen-bond acceptors (Lipinski definition) is 5. The number of benzene rings is 1. The van der Waals surface area contributed by atoms with E-state index in [4.69, 9.17) is 14.2 Å². The number of rotatable bonds is 7. The Morgan fingerprint density at radius 3 is 2.73 bits per heavy atom. The number of ether oxygens (including phenoxy) is 3. The van der Waals surface area contributed by atoms with Gasteiger partial charge in [0.15, 0.2) is 5.78 Å². The minimum Gasteiger partial charge on any atom is -0.522 e. The molecule has 0 spiro atoms. The first-order valence-electron chi connectivity index (χ1n) is 6.40. The number of aromatic nitrogens is 1. The summed E-state index contributed by atoms with van der Waals surface area (Å²) in [5.74, 6) is 1.81. The zero-order valence-corrected chi connectivity index (χ0v) is 15.4. The normalized spacial score (nSPS) is 9.73. The summed E-state index contributed by atoms with van der Waals surface area (Å²) in [5, 5.41) is 0. The second-order valence-electron chi connectivity index (χ2n) is 4.33. The Bertz CT molecular complexity index is 619. The van der Waals surface area contributed by atoms with Crippen molar-refractivity contribution in [3.63, 3.8) is 0 Å². The van der Waals surface area contributed by atoms with E-state index in [2.05, 4.69) is 11.1 Å². The van der Waals surface area contributed by atoms with Crippen LogP contribution in [-0.4, -0.2) is 31.6 Å². The molecule has 0 N–H and O–H groups in total. The Kier molecular flexibility index (Phi) is 8.24. The molecule has 22 heavy (non-hydrogen) atoms. The van der Waals surface area contributed by atoms with E-state index in [0.29, 0.717) is 22.9 Å². The van der Waals surface area contributed by atoms with E-state index < -0.39 is 0 Å². The standard InChI is InChI=1S/C16H16NO4.Y/c1-19-11-13(18)8-12-9-16(6-7-17-12)21-15-5-3-4-14(10-15)20-2;/h3,5-7,9-10H,8,11H2,1-2H3;/q-1;. The number of hydrogen-bond donors (Lipinski definition) is 0. The van der Waals surface area contributed by atoms with Gasteiger partial charge in [0.1, 0.15) is 12.4 Å². The predicted octanol–water partition coefficient (Wildman–Crippen LogP) is 2.44.